The van der Waals surface area contributed by atoms with E-state index in [1.807, 2.05) is 42.5 Å². The van der Waals surface area contributed by atoms with Crippen molar-refractivity contribution < 1.29 is 23.8 Å². The van der Waals surface area contributed by atoms with Crippen LogP contribution in [0.2, 0.25) is 0 Å². The molecule has 2 aromatic carbocycles. The molecular weight excluding hydrogens is 432 g/mol. The number of hydrogen-bond donors (Lipinski definition) is 1. The van der Waals surface area contributed by atoms with E-state index in [0.29, 0.717) is 29.2 Å². The quantitative estimate of drug-likeness (QED) is 0.360. The molecule has 0 saturated carbocycles. The smallest absolute Gasteiger partial charge is 0.329 e. The van der Waals surface area contributed by atoms with Crippen molar-refractivity contribution in [3.63, 3.8) is 0 Å². The molecule has 1 aliphatic carbocycles. The number of carbonyl (C=O) groups is 1. The molecule has 34 heavy (non-hydrogen) atoms. The van der Waals surface area contributed by atoms with Gasteiger partial charge in [0, 0.05) is 17.5 Å². The van der Waals surface area contributed by atoms with Crippen LogP contribution in [-0.4, -0.2) is 39.9 Å². The van der Waals surface area contributed by atoms with Crippen molar-refractivity contribution in [2.45, 2.75) is 32.0 Å². The summed E-state index contributed by atoms with van der Waals surface area (Å²) in [5.74, 6) is 0.120. The number of nitrogens with zero attached hydrogens (tertiary/aromatic N) is 2. The van der Waals surface area contributed by atoms with Gasteiger partial charge in [-0.05, 0) is 23.6 Å². The Balaban J connectivity index is 1.55. The van der Waals surface area contributed by atoms with Gasteiger partial charge in [-0.15, -0.1) is 0 Å². The van der Waals surface area contributed by atoms with Gasteiger partial charge >= 0.3 is 5.97 Å². The topological polar surface area (TPSA) is 94.7 Å². The van der Waals surface area contributed by atoms with Crippen LogP contribution in [0.4, 0.5) is 0 Å². The average molecular weight is 456 g/mol. The summed E-state index contributed by atoms with van der Waals surface area (Å²) < 4.78 is 17.9. The van der Waals surface area contributed by atoms with E-state index < -0.39 is 5.97 Å². The Hall–Kier alpha value is -3.97. The Kier molecular flexibility index (Phi) is 6.10. The molecule has 4 aromatic rings. The SMILES string of the molecule is CCc1ccc(-c2c(-c3ccccc3)oc3ncnc(O[C@@H]4C=C[C@H](OCC(=O)O)C4)c23)cc1. The number of hydrogen-bond acceptors (Lipinski definition) is 6. The van der Waals surface area contributed by atoms with Crippen LogP contribution in [-0.2, 0) is 16.0 Å². The predicted molar refractivity (Wildman–Crippen MR) is 128 cm³/mol. The van der Waals surface area contributed by atoms with Crippen molar-refractivity contribution >= 4 is 17.1 Å². The Morgan fingerprint density at radius 3 is 2.53 bits per heavy atom. The number of aromatic nitrogens is 2. The predicted octanol–water partition coefficient (Wildman–Crippen LogP) is 5.30. The highest BCUT2D eigenvalue weighted by atomic mass is 16.5. The van der Waals surface area contributed by atoms with E-state index in [2.05, 4.69) is 41.2 Å². The van der Waals surface area contributed by atoms with Gasteiger partial charge in [0.1, 0.15) is 30.2 Å². The van der Waals surface area contributed by atoms with Gasteiger partial charge in [0.25, 0.3) is 0 Å². The van der Waals surface area contributed by atoms with Gasteiger partial charge in [-0.2, -0.15) is 0 Å². The molecular formula is C27H24N2O5. The molecule has 7 heteroatoms. The standard InChI is InChI=1S/C27H24N2O5/c1-2-17-8-10-18(11-9-17)23-24-26(33-21-13-12-20(14-21)32-15-22(30)31)28-16-29-27(24)34-25(23)19-6-4-3-5-7-19/h3-13,16,20-21H,2,14-15H2,1H3,(H,30,31)/t20-,21+/m0/s1. The lowest BCUT2D eigenvalue weighted by atomic mass is 9.98. The van der Waals surface area contributed by atoms with Crippen molar-refractivity contribution in [2.24, 2.45) is 0 Å². The molecule has 1 N–H and O–H groups in total. The lowest BCUT2D eigenvalue weighted by Crippen LogP contribution is -2.19. The minimum absolute atomic E-state index is 0.303. The van der Waals surface area contributed by atoms with Crippen molar-refractivity contribution in [1.29, 1.82) is 0 Å². The Bertz CT molecular complexity index is 1330. The van der Waals surface area contributed by atoms with Crippen molar-refractivity contribution in [3.8, 4) is 28.3 Å². The van der Waals surface area contributed by atoms with Crippen molar-refractivity contribution in [1.82, 2.24) is 9.97 Å². The van der Waals surface area contributed by atoms with Crippen molar-refractivity contribution in [2.75, 3.05) is 6.61 Å². The molecule has 2 aromatic heterocycles. The van der Waals surface area contributed by atoms with Gasteiger partial charge in [-0.25, -0.2) is 14.8 Å². The molecule has 0 unspecified atom stereocenters. The minimum Gasteiger partial charge on any atom is -0.480 e. The van der Waals surface area contributed by atoms with Crippen molar-refractivity contribution in [3.05, 3.63) is 78.6 Å². The van der Waals surface area contributed by atoms with Crippen LogP contribution in [0.5, 0.6) is 5.88 Å². The fourth-order valence-corrected chi connectivity index (χ4v) is 4.14. The first-order valence-electron chi connectivity index (χ1n) is 11.2. The summed E-state index contributed by atoms with van der Waals surface area (Å²) in [6.45, 7) is 1.78. The third-order valence-electron chi connectivity index (χ3n) is 5.83. The number of carboxylic acid groups (broad SMARTS) is 1. The van der Waals surface area contributed by atoms with Crippen LogP contribution in [0, 0.1) is 0 Å². The zero-order chi connectivity index (χ0) is 23.5. The lowest BCUT2D eigenvalue weighted by molar-refractivity contribution is -0.143. The van der Waals surface area contributed by atoms with Gasteiger partial charge < -0.3 is 19.0 Å². The lowest BCUT2D eigenvalue weighted by Gasteiger charge is -2.14. The third-order valence-corrected chi connectivity index (χ3v) is 5.83. The summed E-state index contributed by atoms with van der Waals surface area (Å²) in [6.07, 6.45) is 5.95. The number of furan rings is 1. The Morgan fingerprint density at radius 1 is 1.03 bits per heavy atom. The number of rotatable bonds is 8. The highest BCUT2D eigenvalue weighted by Crippen LogP contribution is 2.43. The van der Waals surface area contributed by atoms with E-state index >= 15 is 0 Å². The molecule has 0 saturated heterocycles. The first kappa shape index (κ1) is 21.9. The Morgan fingerprint density at radius 2 is 1.79 bits per heavy atom. The average Bonchev–Trinajstić information content (AvgIpc) is 3.48. The van der Waals surface area contributed by atoms with E-state index in [0.717, 1.165) is 23.1 Å². The second-order valence-corrected chi connectivity index (χ2v) is 8.10. The van der Waals surface area contributed by atoms with Gasteiger partial charge in [0.2, 0.25) is 11.6 Å². The number of benzene rings is 2. The molecule has 0 amide bonds. The van der Waals surface area contributed by atoms with E-state index in [1.54, 1.807) is 0 Å². The largest absolute Gasteiger partial charge is 0.480 e. The summed E-state index contributed by atoms with van der Waals surface area (Å²) in [5.41, 5.74) is 4.48. The van der Waals surface area contributed by atoms with Crippen LogP contribution < -0.4 is 4.74 Å². The van der Waals surface area contributed by atoms with Gasteiger partial charge in [-0.3, -0.25) is 0 Å². The van der Waals surface area contributed by atoms with Gasteiger partial charge in [0.05, 0.1) is 6.10 Å². The first-order valence-corrected chi connectivity index (χ1v) is 11.2. The van der Waals surface area contributed by atoms with Gasteiger partial charge in [0.15, 0.2) is 0 Å². The van der Waals surface area contributed by atoms with Crippen LogP contribution in [0.25, 0.3) is 33.6 Å². The normalized spacial score (nSPS) is 17.3. The monoisotopic (exact) mass is 456 g/mol. The van der Waals surface area contributed by atoms with Crippen LogP contribution in [0.15, 0.2) is 77.5 Å². The fourth-order valence-electron chi connectivity index (χ4n) is 4.14. The third kappa shape index (κ3) is 4.43. The van der Waals surface area contributed by atoms with E-state index in [-0.39, 0.29) is 18.8 Å². The molecule has 172 valence electrons. The van der Waals surface area contributed by atoms with Crippen LogP contribution in [0.1, 0.15) is 18.9 Å². The van der Waals surface area contributed by atoms with Gasteiger partial charge in [-0.1, -0.05) is 67.6 Å². The van der Waals surface area contributed by atoms with E-state index in [9.17, 15) is 4.79 Å². The maximum Gasteiger partial charge on any atom is 0.329 e. The number of aryl methyl sites for hydroxylation is 1. The van der Waals surface area contributed by atoms with E-state index in [1.165, 1.54) is 11.9 Å². The summed E-state index contributed by atoms with van der Waals surface area (Å²) in [4.78, 5) is 19.6. The molecule has 2 atom stereocenters. The van der Waals surface area contributed by atoms with Crippen LogP contribution >= 0.6 is 0 Å². The maximum atomic E-state index is 10.8. The molecule has 0 spiro atoms. The number of ether oxygens (including phenoxy) is 2. The summed E-state index contributed by atoms with van der Waals surface area (Å²) >= 11 is 0. The number of aliphatic carboxylic acids is 1. The zero-order valence-corrected chi connectivity index (χ0v) is 18.7. The molecule has 0 fully saturated rings. The first-order chi connectivity index (χ1) is 16.6. The summed E-state index contributed by atoms with van der Waals surface area (Å²) in [6, 6.07) is 18.3. The van der Waals surface area contributed by atoms with Crippen LogP contribution in [0.3, 0.4) is 0 Å². The number of fused-ring (bicyclic) bond motifs is 1. The molecule has 7 nitrogen and oxygen atoms in total. The van der Waals surface area contributed by atoms with E-state index in [4.69, 9.17) is 19.0 Å². The summed E-state index contributed by atoms with van der Waals surface area (Å²) in [7, 11) is 0. The highest BCUT2D eigenvalue weighted by molar-refractivity contribution is 6.03. The fraction of sp³-hybridized carbons (Fsp3) is 0.222. The molecule has 0 radical (unpaired) electrons. The minimum atomic E-state index is -0.999. The Labute approximate surface area is 196 Å². The summed E-state index contributed by atoms with van der Waals surface area (Å²) in [5, 5.41) is 9.56. The molecule has 5 rings (SSSR count). The number of carboxylic acids is 1. The molecule has 0 bridgehead atoms. The second kappa shape index (κ2) is 9.49. The zero-order valence-electron chi connectivity index (χ0n) is 18.7. The molecule has 2 heterocycles. The molecule has 0 aliphatic heterocycles. The molecule has 1 aliphatic rings. The highest BCUT2D eigenvalue weighted by Gasteiger charge is 2.27. The second-order valence-electron chi connectivity index (χ2n) is 8.10. The maximum absolute atomic E-state index is 10.8.